The molecule has 8 nitrogen and oxygen atoms in total. The first-order valence-corrected chi connectivity index (χ1v) is 13.9. The number of hydrogen-bond donors (Lipinski definition) is 3. The van der Waals surface area contributed by atoms with Crippen LogP contribution in [0, 0.1) is 3.57 Å². The van der Waals surface area contributed by atoms with Gasteiger partial charge in [0.2, 0.25) is 0 Å². The number of H-pyrrole nitrogens is 1. The third kappa shape index (κ3) is 5.66. The summed E-state index contributed by atoms with van der Waals surface area (Å²) < 4.78 is 6.50. The number of nitrogens with one attached hydrogen (secondary N) is 2. The third-order valence-electron chi connectivity index (χ3n) is 6.70. The number of nitrogens with zero attached hydrogens (tertiary/aromatic N) is 2. The van der Waals surface area contributed by atoms with E-state index < -0.39 is 18.1 Å². The number of aromatic amines is 1. The minimum atomic E-state index is -0.865. The van der Waals surface area contributed by atoms with Crippen LogP contribution in [-0.2, 0) is 4.79 Å². The minimum absolute atomic E-state index is 0.100. The number of amides is 3. The Balaban J connectivity index is 1.51. The van der Waals surface area contributed by atoms with Crippen molar-refractivity contribution in [1.82, 2.24) is 20.2 Å². The monoisotopic (exact) mass is 656 g/mol. The molecular formula is C29H26ClIN4O4. The van der Waals surface area contributed by atoms with E-state index in [1.165, 1.54) is 4.90 Å². The Labute approximate surface area is 244 Å². The second-order valence-corrected chi connectivity index (χ2v) is 10.8. The quantitative estimate of drug-likeness (QED) is 0.155. The molecule has 1 saturated heterocycles. The molecule has 0 radical (unpaired) electrons. The van der Waals surface area contributed by atoms with Crippen molar-refractivity contribution in [2.24, 2.45) is 0 Å². The largest absolute Gasteiger partial charge is 0.491 e. The van der Waals surface area contributed by atoms with Crippen LogP contribution >= 0.6 is 34.2 Å². The first-order valence-electron chi connectivity index (χ1n) is 12.4. The van der Waals surface area contributed by atoms with E-state index in [0.29, 0.717) is 28.0 Å². The lowest BCUT2D eigenvalue weighted by Crippen LogP contribution is -2.38. The molecule has 5 rings (SSSR count). The zero-order chi connectivity index (χ0) is 27.5. The highest BCUT2D eigenvalue weighted by molar-refractivity contribution is 14.1. The second kappa shape index (κ2) is 11.8. The van der Waals surface area contributed by atoms with Gasteiger partial charge in [-0.15, -0.1) is 0 Å². The average Bonchev–Trinajstić information content (AvgIpc) is 3.48. The Bertz CT molecular complexity index is 1460. The summed E-state index contributed by atoms with van der Waals surface area (Å²) >= 11 is 8.85. The van der Waals surface area contributed by atoms with Gasteiger partial charge in [0.1, 0.15) is 41.1 Å². The van der Waals surface area contributed by atoms with Crippen LogP contribution in [0.1, 0.15) is 41.9 Å². The van der Waals surface area contributed by atoms with Crippen molar-refractivity contribution in [1.29, 1.82) is 0 Å². The molecule has 0 saturated carbocycles. The van der Waals surface area contributed by atoms with Crippen molar-refractivity contribution in [3.8, 4) is 17.0 Å². The molecule has 3 N–H and O–H groups in total. The van der Waals surface area contributed by atoms with Crippen LogP contribution in [0.15, 0.2) is 78.9 Å². The summed E-state index contributed by atoms with van der Waals surface area (Å²) in [5, 5.41) is 12.1. The molecule has 3 aromatic carbocycles. The molecule has 10 heteroatoms. The first kappa shape index (κ1) is 27.2. The van der Waals surface area contributed by atoms with Crippen LogP contribution in [0.5, 0.6) is 5.75 Å². The molecule has 0 bridgehead atoms. The number of ether oxygens (including phenoxy) is 1. The smallest absolute Gasteiger partial charge is 0.325 e. The van der Waals surface area contributed by atoms with Crippen LogP contribution in [0.4, 0.5) is 4.79 Å². The number of carbonyl (C=O) groups excluding carboxylic acids is 2. The van der Waals surface area contributed by atoms with Crippen molar-refractivity contribution in [2.75, 3.05) is 13.2 Å². The van der Waals surface area contributed by atoms with E-state index in [9.17, 15) is 9.59 Å². The second-order valence-electron chi connectivity index (χ2n) is 9.17. The van der Waals surface area contributed by atoms with E-state index in [4.69, 9.17) is 26.4 Å². The molecule has 1 fully saturated rings. The number of hydrogen-bond acceptors (Lipinski definition) is 5. The molecule has 0 aliphatic carbocycles. The summed E-state index contributed by atoms with van der Waals surface area (Å²) in [7, 11) is 0. The number of aliphatic hydroxyl groups is 1. The van der Waals surface area contributed by atoms with Crippen molar-refractivity contribution < 1.29 is 19.4 Å². The Kier molecular flexibility index (Phi) is 8.20. The predicted molar refractivity (Wildman–Crippen MR) is 156 cm³/mol. The van der Waals surface area contributed by atoms with E-state index in [1.807, 2.05) is 61.5 Å². The standard InChI is InChI=1S/C29H26ClIN4O4/c1-17(18-5-3-2-4-6-18)25(27-32-23(26(30)34-27)19-7-11-21(31)12-8-19)35-28(37)24(33-29(35)38)20-9-13-22(14-10-20)39-16-15-36/h2-14,17,24-25,36H,15-16H2,1H3,(H,32,34)(H,33,38)/t17-,24+,25?/m0/s1. The van der Waals surface area contributed by atoms with Crippen LogP contribution in [-0.4, -0.2) is 45.1 Å². The number of benzene rings is 3. The van der Waals surface area contributed by atoms with Crippen molar-refractivity contribution in [2.45, 2.75) is 24.9 Å². The summed E-state index contributed by atoms with van der Waals surface area (Å²) in [4.78, 5) is 36.4. The molecule has 1 aliphatic heterocycles. The number of imide groups is 1. The normalized spacial score (nSPS) is 16.7. The minimum Gasteiger partial charge on any atom is -0.491 e. The fourth-order valence-corrected chi connectivity index (χ4v) is 5.34. The number of imidazole rings is 1. The number of aromatic nitrogens is 2. The third-order valence-corrected chi connectivity index (χ3v) is 7.69. The molecule has 0 spiro atoms. The highest BCUT2D eigenvalue weighted by atomic mass is 127. The maximum Gasteiger partial charge on any atom is 0.325 e. The van der Waals surface area contributed by atoms with Crippen molar-refractivity contribution >= 4 is 46.1 Å². The summed E-state index contributed by atoms with van der Waals surface area (Å²) in [6.07, 6.45) is 0. The molecule has 3 amide bonds. The van der Waals surface area contributed by atoms with Crippen LogP contribution < -0.4 is 10.1 Å². The van der Waals surface area contributed by atoms with Crippen molar-refractivity contribution in [3.63, 3.8) is 0 Å². The van der Waals surface area contributed by atoms with E-state index in [0.717, 1.165) is 14.7 Å². The lowest BCUT2D eigenvalue weighted by Gasteiger charge is -2.29. The molecule has 1 aromatic heterocycles. The molecule has 2 heterocycles. The van der Waals surface area contributed by atoms with Gasteiger partial charge in [-0.1, -0.05) is 73.1 Å². The summed E-state index contributed by atoms with van der Waals surface area (Å²) in [5.41, 5.74) is 2.94. The van der Waals surface area contributed by atoms with Gasteiger partial charge < -0.3 is 20.1 Å². The van der Waals surface area contributed by atoms with Gasteiger partial charge in [-0.05, 0) is 58.0 Å². The Hall–Kier alpha value is -3.41. The van der Waals surface area contributed by atoms with Gasteiger partial charge in [0.05, 0.1) is 6.61 Å². The van der Waals surface area contributed by atoms with Gasteiger partial charge in [0.15, 0.2) is 0 Å². The number of aliphatic hydroxyl groups excluding tert-OH is 1. The van der Waals surface area contributed by atoms with E-state index in [1.54, 1.807) is 24.3 Å². The fourth-order valence-electron chi connectivity index (χ4n) is 4.73. The molecule has 4 aromatic rings. The van der Waals surface area contributed by atoms with Crippen LogP contribution in [0.3, 0.4) is 0 Å². The Morgan fingerprint density at radius 1 is 1.05 bits per heavy atom. The molecular weight excluding hydrogens is 631 g/mol. The summed E-state index contributed by atoms with van der Waals surface area (Å²) in [5.74, 6) is 0.299. The van der Waals surface area contributed by atoms with Gasteiger partial charge in [-0.25, -0.2) is 9.78 Å². The lowest BCUT2D eigenvalue weighted by atomic mass is 9.91. The zero-order valence-electron chi connectivity index (χ0n) is 21.0. The molecule has 3 atom stereocenters. The van der Waals surface area contributed by atoms with Gasteiger partial charge in [-0.2, -0.15) is 0 Å². The number of carbonyl (C=O) groups is 2. The molecule has 39 heavy (non-hydrogen) atoms. The SMILES string of the molecule is C[C@@H](c1ccccc1)C(c1nc(-c2ccc(I)cc2)c(Cl)[nH]1)N1C(=O)N[C@H](c2ccc(OCCO)cc2)C1=O. The maximum atomic E-state index is 13.8. The topological polar surface area (TPSA) is 108 Å². The summed E-state index contributed by atoms with van der Waals surface area (Å²) in [6, 6.07) is 22.2. The lowest BCUT2D eigenvalue weighted by molar-refractivity contribution is -0.129. The highest BCUT2D eigenvalue weighted by Gasteiger charge is 2.46. The fraction of sp³-hybridized carbons (Fsp3) is 0.207. The Morgan fingerprint density at radius 2 is 1.74 bits per heavy atom. The average molecular weight is 657 g/mol. The van der Waals surface area contributed by atoms with E-state index >= 15 is 0 Å². The molecule has 1 aliphatic rings. The van der Waals surface area contributed by atoms with Gasteiger partial charge >= 0.3 is 6.03 Å². The van der Waals surface area contributed by atoms with Gasteiger partial charge in [0.25, 0.3) is 5.91 Å². The number of rotatable bonds is 9. The van der Waals surface area contributed by atoms with E-state index in [2.05, 4.69) is 32.9 Å². The maximum absolute atomic E-state index is 13.8. The van der Waals surface area contributed by atoms with Crippen molar-refractivity contribution in [3.05, 3.63) is 105 Å². The molecule has 1 unspecified atom stereocenters. The zero-order valence-corrected chi connectivity index (χ0v) is 23.9. The number of urea groups is 1. The van der Waals surface area contributed by atoms with E-state index in [-0.39, 0.29) is 25.0 Å². The first-order chi connectivity index (χ1) is 18.9. The highest BCUT2D eigenvalue weighted by Crippen LogP contribution is 2.40. The van der Waals surface area contributed by atoms with Crippen LogP contribution in [0.25, 0.3) is 11.3 Å². The van der Waals surface area contributed by atoms with Crippen LogP contribution in [0.2, 0.25) is 5.15 Å². The Morgan fingerprint density at radius 3 is 2.41 bits per heavy atom. The predicted octanol–water partition coefficient (Wildman–Crippen LogP) is 5.84. The number of halogens is 2. The van der Waals surface area contributed by atoms with Gasteiger partial charge in [-0.3, -0.25) is 9.69 Å². The summed E-state index contributed by atoms with van der Waals surface area (Å²) in [6.45, 7) is 2.03. The van der Waals surface area contributed by atoms with Gasteiger partial charge in [0, 0.05) is 15.1 Å². The molecule has 200 valence electrons.